The molecule has 2 rings (SSSR count). The maximum atomic E-state index is 11.7. The van der Waals surface area contributed by atoms with Crippen molar-refractivity contribution < 1.29 is 14.6 Å². The molecule has 0 aromatic heterocycles. The van der Waals surface area contributed by atoms with Gasteiger partial charge in [-0.05, 0) is 37.3 Å². The van der Waals surface area contributed by atoms with Gasteiger partial charge in [0.05, 0.1) is 13.2 Å². The number of hydrogen-bond acceptors (Lipinski definition) is 4. The van der Waals surface area contributed by atoms with E-state index in [1.54, 1.807) is 4.90 Å². The van der Waals surface area contributed by atoms with Gasteiger partial charge in [-0.1, -0.05) is 24.3 Å². The molecule has 1 heterocycles. The van der Waals surface area contributed by atoms with Crippen LogP contribution in [0.1, 0.15) is 30.9 Å². The lowest BCUT2D eigenvalue weighted by atomic mass is 10.1. The quantitative estimate of drug-likeness (QED) is 0.331. The topological polar surface area (TPSA) is 100 Å². The number of aliphatic imine (C=N–C) groups is 1. The monoisotopic (exact) mass is 476 g/mol. The predicted octanol–water partition coefficient (Wildman–Crippen LogP) is 1.86. The minimum Gasteiger partial charge on any atom is -0.450 e. The fourth-order valence-electron chi connectivity index (χ4n) is 2.79. The molecule has 1 saturated heterocycles. The van der Waals surface area contributed by atoms with Crippen LogP contribution in [0.4, 0.5) is 4.79 Å². The zero-order valence-corrected chi connectivity index (χ0v) is 17.5. The lowest BCUT2D eigenvalue weighted by Gasteiger charge is -2.31. The van der Waals surface area contributed by atoms with Crippen molar-refractivity contribution in [3.8, 4) is 0 Å². The van der Waals surface area contributed by atoms with E-state index in [4.69, 9.17) is 15.6 Å². The van der Waals surface area contributed by atoms with Crippen molar-refractivity contribution in [3.63, 3.8) is 0 Å². The number of aliphatic hydroxyl groups excluding tert-OH is 1. The summed E-state index contributed by atoms with van der Waals surface area (Å²) in [6, 6.07) is 8.06. The second-order valence-electron chi connectivity index (χ2n) is 6.10. The summed E-state index contributed by atoms with van der Waals surface area (Å²) in [5, 5.41) is 12.3. The van der Waals surface area contributed by atoms with E-state index in [0.29, 0.717) is 32.2 Å². The molecule has 146 valence electrons. The summed E-state index contributed by atoms with van der Waals surface area (Å²) in [4.78, 5) is 17.8. The van der Waals surface area contributed by atoms with Crippen LogP contribution in [0, 0.1) is 0 Å². The van der Waals surface area contributed by atoms with Gasteiger partial charge in [-0.25, -0.2) is 4.79 Å². The number of amides is 1. The van der Waals surface area contributed by atoms with Crippen LogP contribution >= 0.6 is 24.0 Å². The molecular formula is C18H29IN4O3. The second kappa shape index (κ2) is 11.9. The van der Waals surface area contributed by atoms with Crippen LogP contribution in [0.3, 0.4) is 0 Å². The molecule has 0 bridgehead atoms. The van der Waals surface area contributed by atoms with E-state index in [1.165, 1.54) is 0 Å². The molecule has 8 heteroatoms. The van der Waals surface area contributed by atoms with E-state index >= 15 is 0 Å². The van der Waals surface area contributed by atoms with Crippen LogP contribution in [-0.4, -0.2) is 54.3 Å². The van der Waals surface area contributed by atoms with Gasteiger partial charge in [0.15, 0.2) is 5.96 Å². The molecule has 1 aliphatic heterocycles. The normalized spacial score (nSPS) is 15.3. The molecule has 0 saturated carbocycles. The number of ether oxygens (including phenoxy) is 1. The van der Waals surface area contributed by atoms with Crippen molar-refractivity contribution in [3.05, 3.63) is 35.4 Å². The first-order chi connectivity index (χ1) is 12.1. The molecule has 0 atom stereocenters. The van der Waals surface area contributed by atoms with E-state index in [2.05, 4.69) is 10.3 Å². The number of rotatable bonds is 6. The van der Waals surface area contributed by atoms with Gasteiger partial charge in [0.2, 0.25) is 0 Å². The van der Waals surface area contributed by atoms with Crippen LogP contribution < -0.4 is 11.1 Å². The summed E-state index contributed by atoms with van der Waals surface area (Å²) in [5.74, 6) is 0.446. The molecule has 1 aromatic rings. The van der Waals surface area contributed by atoms with E-state index in [0.717, 1.165) is 30.4 Å². The van der Waals surface area contributed by atoms with Gasteiger partial charge in [0, 0.05) is 25.7 Å². The van der Waals surface area contributed by atoms with Gasteiger partial charge in [-0.3, -0.25) is 4.99 Å². The number of carbonyl (C=O) groups excluding carboxylic acids is 1. The number of nitrogens with zero attached hydrogens (tertiary/aromatic N) is 2. The molecule has 1 aliphatic rings. The average Bonchev–Trinajstić information content (AvgIpc) is 2.63. The number of aliphatic hydroxyl groups is 1. The van der Waals surface area contributed by atoms with E-state index in [1.807, 2.05) is 31.2 Å². The molecule has 0 radical (unpaired) electrons. The standard InChI is InChI=1S/C18H28N4O3.HI/c1-2-25-18(24)22-11-8-16(9-12-22)21-17(19)20-10-7-14-3-5-15(13-23)6-4-14;/h3-6,16,23H,2,7-13H2,1H3,(H3,19,20,21);1H. The van der Waals surface area contributed by atoms with E-state index in [-0.39, 0.29) is 42.7 Å². The number of guanidine groups is 1. The zero-order chi connectivity index (χ0) is 18.1. The van der Waals surface area contributed by atoms with Crippen molar-refractivity contribution in [2.75, 3.05) is 26.2 Å². The first kappa shape index (κ1) is 22.5. The van der Waals surface area contributed by atoms with Crippen LogP contribution in [0.15, 0.2) is 29.3 Å². The first-order valence-electron chi connectivity index (χ1n) is 8.79. The Morgan fingerprint density at radius 3 is 2.50 bits per heavy atom. The van der Waals surface area contributed by atoms with Gasteiger partial charge in [-0.15, -0.1) is 24.0 Å². The summed E-state index contributed by atoms with van der Waals surface area (Å²) >= 11 is 0. The number of halogens is 1. The summed E-state index contributed by atoms with van der Waals surface area (Å²) in [7, 11) is 0. The molecule has 0 aliphatic carbocycles. The fourth-order valence-corrected chi connectivity index (χ4v) is 2.79. The maximum absolute atomic E-state index is 11.7. The SMILES string of the molecule is CCOC(=O)N1CCC(NC(N)=NCCc2ccc(CO)cc2)CC1.I. The van der Waals surface area contributed by atoms with Crippen LogP contribution in [0.25, 0.3) is 0 Å². The van der Waals surface area contributed by atoms with Gasteiger partial charge in [-0.2, -0.15) is 0 Å². The Labute approximate surface area is 172 Å². The number of nitrogens with one attached hydrogen (secondary N) is 1. The van der Waals surface area contributed by atoms with Crippen LogP contribution in [0.2, 0.25) is 0 Å². The number of carbonyl (C=O) groups is 1. The Hall–Kier alpha value is -1.55. The van der Waals surface area contributed by atoms with Crippen molar-refractivity contribution >= 4 is 36.0 Å². The lowest BCUT2D eigenvalue weighted by molar-refractivity contribution is 0.0963. The molecular weight excluding hydrogens is 447 g/mol. The predicted molar refractivity (Wildman–Crippen MR) is 113 cm³/mol. The Bertz CT molecular complexity index is 572. The van der Waals surface area contributed by atoms with Gasteiger partial charge in [0.1, 0.15) is 0 Å². The maximum Gasteiger partial charge on any atom is 0.409 e. The summed E-state index contributed by atoms with van der Waals surface area (Å²) in [6.07, 6.45) is 2.22. The molecule has 0 unspecified atom stereocenters. The third kappa shape index (κ3) is 7.36. The molecule has 26 heavy (non-hydrogen) atoms. The third-order valence-electron chi connectivity index (χ3n) is 4.26. The Morgan fingerprint density at radius 2 is 1.92 bits per heavy atom. The summed E-state index contributed by atoms with van der Waals surface area (Å²) < 4.78 is 5.01. The Balaban J connectivity index is 0.00000338. The Kier molecular flexibility index (Phi) is 10.3. The summed E-state index contributed by atoms with van der Waals surface area (Å²) in [5.41, 5.74) is 8.03. The molecule has 1 amide bonds. The second-order valence-corrected chi connectivity index (χ2v) is 6.10. The first-order valence-corrected chi connectivity index (χ1v) is 8.79. The molecule has 4 N–H and O–H groups in total. The van der Waals surface area contributed by atoms with Crippen LogP contribution in [-0.2, 0) is 17.8 Å². The number of piperidine rings is 1. The van der Waals surface area contributed by atoms with Gasteiger partial charge in [0.25, 0.3) is 0 Å². The van der Waals surface area contributed by atoms with Crippen molar-refractivity contribution in [2.45, 2.75) is 38.8 Å². The smallest absolute Gasteiger partial charge is 0.409 e. The van der Waals surface area contributed by atoms with E-state index in [9.17, 15) is 4.79 Å². The minimum absolute atomic E-state index is 0. The highest BCUT2D eigenvalue weighted by Gasteiger charge is 2.23. The number of likely N-dealkylation sites (tertiary alicyclic amines) is 1. The molecule has 1 fully saturated rings. The van der Waals surface area contributed by atoms with Crippen molar-refractivity contribution in [1.29, 1.82) is 0 Å². The number of nitrogens with two attached hydrogens (primary N) is 1. The van der Waals surface area contributed by atoms with Crippen molar-refractivity contribution in [1.82, 2.24) is 10.2 Å². The molecule has 1 aromatic carbocycles. The zero-order valence-electron chi connectivity index (χ0n) is 15.2. The summed E-state index contributed by atoms with van der Waals surface area (Å²) in [6.45, 7) is 4.22. The third-order valence-corrected chi connectivity index (χ3v) is 4.26. The largest absolute Gasteiger partial charge is 0.450 e. The number of hydrogen-bond donors (Lipinski definition) is 3. The highest BCUT2D eigenvalue weighted by atomic mass is 127. The highest BCUT2D eigenvalue weighted by Crippen LogP contribution is 2.11. The Morgan fingerprint density at radius 1 is 1.31 bits per heavy atom. The van der Waals surface area contributed by atoms with Gasteiger partial charge < -0.3 is 25.8 Å². The van der Waals surface area contributed by atoms with Crippen LogP contribution in [0.5, 0.6) is 0 Å². The highest BCUT2D eigenvalue weighted by molar-refractivity contribution is 14.0. The molecule has 0 spiro atoms. The fraction of sp³-hybridized carbons (Fsp3) is 0.556. The average molecular weight is 476 g/mol. The van der Waals surface area contributed by atoms with E-state index < -0.39 is 0 Å². The molecule has 7 nitrogen and oxygen atoms in total. The lowest BCUT2D eigenvalue weighted by Crippen LogP contribution is -2.48. The van der Waals surface area contributed by atoms with Crippen molar-refractivity contribution in [2.24, 2.45) is 10.7 Å². The minimum atomic E-state index is -0.241. The van der Waals surface area contributed by atoms with Gasteiger partial charge >= 0.3 is 6.09 Å². The number of benzene rings is 1.